The van der Waals surface area contributed by atoms with Crippen molar-refractivity contribution in [1.29, 1.82) is 0 Å². The molecule has 182 valence electrons. The molecule has 1 amide bonds. The van der Waals surface area contributed by atoms with Gasteiger partial charge in [-0.3, -0.25) is 4.79 Å². The van der Waals surface area contributed by atoms with Gasteiger partial charge in [-0.2, -0.15) is 0 Å². The number of benzene rings is 1. The summed E-state index contributed by atoms with van der Waals surface area (Å²) in [5, 5.41) is 6.55. The number of piperidine rings is 1. The van der Waals surface area contributed by atoms with Gasteiger partial charge in [0.1, 0.15) is 18.0 Å². The highest BCUT2D eigenvalue weighted by Gasteiger charge is 2.24. The molecule has 0 bridgehead atoms. The van der Waals surface area contributed by atoms with Crippen molar-refractivity contribution in [2.75, 3.05) is 54.5 Å². The number of ether oxygens (including phenoxy) is 1. The van der Waals surface area contributed by atoms with E-state index < -0.39 is 0 Å². The summed E-state index contributed by atoms with van der Waals surface area (Å²) in [7, 11) is 0. The molecule has 0 spiro atoms. The number of rotatable bonds is 9. The molecular formula is C26H36N6O2. The van der Waals surface area contributed by atoms with Crippen LogP contribution in [0.5, 0.6) is 0 Å². The molecule has 5 rings (SSSR count). The lowest BCUT2D eigenvalue weighted by Gasteiger charge is -2.33. The molecule has 2 N–H and O–H groups in total. The molecule has 3 aliphatic rings. The van der Waals surface area contributed by atoms with Crippen LogP contribution in [0.4, 0.5) is 17.3 Å². The number of morpholine rings is 1. The Morgan fingerprint density at radius 1 is 1.03 bits per heavy atom. The first kappa shape index (κ1) is 22.9. The highest BCUT2D eigenvalue weighted by Crippen LogP contribution is 2.28. The van der Waals surface area contributed by atoms with Gasteiger partial charge in [-0.05, 0) is 55.7 Å². The Hall–Kier alpha value is -2.87. The summed E-state index contributed by atoms with van der Waals surface area (Å²) < 4.78 is 5.42. The van der Waals surface area contributed by atoms with E-state index in [2.05, 4.69) is 60.7 Å². The van der Waals surface area contributed by atoms with Gasteiger partial charge in [0.25, 0.3) is 0 Å². The third-order valence-electron chi connectivity index (χ3n) is 7.01. The van der Waals surface area contributed by atoms with Crippen molar-refractivity contribution in [2.45, 2.75) is 51.1 Å². The van der Waals surface area contributed by atoms with E-state index in [-0.39, 0.29) is 5.91 Å². The number of hydrogen-bond donors (Lipinski definition) is 2. The number of carbonyl (C=O) groups excluding carboxylic acids is 1. The second kappa shape index (κ2) is 11.0. The number of carbonyl (C=O) groups is 1. The van der Waals surface area contributed by atoms with Crippen LogP contribution >= 0.6 is 0 Å². The zero-order chi connectivity index (χ0) is 23.2. The van der Waals surface area contributed by atoms with Gasteiger partial charge in [-0.1, -0.05) is 12.1 Å². The minimum atomic E-state index is 0.132. The van der Waals surface area contributed by atoms with Crippen LogP contribution < -0.4 is 20.4 Å². The van der Waals surface area contributed by atoms with Gasteiger partial charge in [0.2, 0.25) is 5.91 Å². The lowest BCUT2D eigenvalue weighted by molar-refractivity contribution is -0.121. The molecule has 1 atom stereocenters. The Kier molecular flexibility index (Phi) is 7.43. The fourth-order valence-electron chi connectivity index (χ4n) is 4.81. The van der Waals surface area contributed by atoms with Crippen LogP contribution in [-0.2, 0) is 16.1 Å². The summed E-state index contributed by atoms with van der Waals surface area (Å²) >= 11 is 0. The van der Waals surface area contributed by atoms with Crippen molar-refractivity contribution in [1.82, 2.24) is 15.3 Å². The summed E-state index contributed by atoms with van der Waals surface area (Å²) in [6.45, 7) is 5.99. The van der Waals surface area contributed by atoms with E-state index in [1.165, 1.54) is 24.9 Å². The predicted octanol–water partition coefficient (Wildman–Crippen LogP) is 3.20. The molecule has 3 heterocycles. The maximum Gasteiger partial charge on any atom is 0.220 e. The van der Waals surface area contributed by atoms with Crippen LogP contribution in [0.25, 0.3) is 0 Å². The zero-order valence-corrected chi connectivity index (χ0v) is 19.9. The molecule has 2 aliphatic heterocycles. The minimum Gasteiger partial charge on any atom is -0.378 e. The Morgan fingerprint density at radius 2 is 1.85 bits per heavy atom. The molecular weight excluding hydrogens is 428 g/mol. The van der Waals surface area contributed by atoms with Gasteiger partial charge in [0.15, 0.2) is 0 Å². The normalized spacial score (nSPS) is 20.8. The Morgan fingerprint density at radius 3 is 2.65 bits per heavy atom. The third-order valence-corrected chi connectivity index (χ3v) is 7.01. The van der Waals surface area contributed by atoms with Crippen molar-refractivity contribution in [3.05, 3.63) is 42.2 Å². The molecule has 1 saturated carbocycles. The van der Waals surface area contributed by atoms with E-state index in [1.807, 2.05) is 0 Å². The maximum atomic E-state index is 12.5. The number of amides is 1. The van der Waals surface area contributed by atoms with Gasteiger partial charge in [-0.15, -0.1) is 0 Å². The molecule has 1 aliphatic carbocycles. The number of anilines is 3. The highest BCUT2D eigenvalue weighted by molar-refractivity contribution is 5.75. The first-order valence-corrected chi connectivity index (χ1v) is 12.7. The molecule has 0 radical (unpaired) electrons. The Labute approximate surface area is 202 Å². The SMILES string of the molecule is O=C(CC[C@@H]1CCCN(c2cc(NC3CC3)ncn2)C1)NCc1ccc(N2CCOCC2)cc1. The lowest BCUT2D eigenvalue weighted by atomic mass is 9.93. The van der Waals surface area contributed by atoms with Crippen LogP contribution in [-0.4, -0.2) is 61.3 Å². The number of nitrogens with zero attached hydrogens (tertiary/aromatic N) is 4. The lowest BCUT2D eigenvalue weighted by Crippen LogP contribution is -2.36. The molecule has 1 aromatic carbocycles. The predicted molar refractivity (Wildman–Crippen MR) is 134 cm³/mol. The van der Waals surface area contributed by atoms with E-state index in [0.717, 1.165) is 69.4 Å². The van der Waals surface area contributed by atoms with Gasteiger partial charge in [0, 0.05) is 56.9 Å². The standard InChI is InChI=1S/C26H36N6O2/c33-26(27-17-20-3-8-23(9-4-20)31-12-14-34-15-13-31)10-5-21-2-1-11-32(18-21)25-16-24(28-19-29-25)30-22-6-7-22/h3-4,8-9,16,19,21-22H,1-2,5-7,10-15,17-18H2,(H,27,33)(H,28,29,30)/t21-/m0/s1. The number of hydrogen-bond acceptors (Lipinski definition) is 7. The number of aromatic nitrogens is 2. The Bertz CT molecular complexity index is 943. The molecule has 2 aromatic rings. The largest absolute Gasteiger partial charge is 0.378 e. The first-order valence-electron chi connectivity index (χ1n) is 12.7. The number of nitrogens with one attached hydrogen (secondary N) is 2. The average Bonchev–Trinajstić information content (AvgIpc) is 3.71. The quantitative estimate of drug-likeness (QED) is 0.590. The van der Waals surface area contributed by atoms with Crippen molar-refractivity contribution < 1.29 is 9.53 Å². The van der Waals surface area contributed by atoms with Crippen LogP contribution in [0.3, 0.4) is 0 Å². The van der Waals surface area contributed by atoms with Gasteiger partial charge in [-0.25, -0.2) is 9.97 Å². The molecule has 8 nitrogen and oxygen atoms in total. The summed E-state index contributed by atoms with van der Waals surface area (Å²) in [5.41, 5.74) is 2.35. The first-order chi connectivity index (χ1) is 16.7. The summed E-state index contributed by atoms with van der Waals surface area (Å²) in [4.78, 5) is 26.1. The smallest absolute Gasteiger partial charge is 0.220 e. The van der Waals surface area contributed by atoms with Crippen molar-refractivity contribution >= 4 is 23.2 Å². The molecule has 0 unspecified atom stereocenters. The van der Waals surface area contributed by atoms with Crippen molar-refractivity contribution in [2.24, 2.45) is 5.92 Å². The van der Waals surface area contributed by atoms with Crippen LogP contribution in [0.1, 0.15) is 44.1 Å². The monoisotopic (exact) mass is 464 g/mol. The van der Waals surface area contributed by atoms with Crippen LogP contribution in [0.15, 0.2) is 36.7 Å². The molecule has 34 heavy (non-hydrogen) atoms. The third kappa shape index (κ3) is 6.38. The zero-order valence-electron chi connectivity index (χ0n) is 19.9. The fraction of sp³-hybridized carbons (Fsp3) is 0.577. The molecule has 1 aromatic heterocycles. The fourth-order valence-corrected chi connectivity index (χ4v) is 4.81. The summed E-state index contributed by atoms with van der Waals surface area (Å²) in [6.07, 6.45) is 7.91. The van der Waals surface area contributed by atoms with Crippen LogP contribution in [0, 0.1) is 5.92 Å². The van der Waals surface area contributed by atoms with Gasteiger partial charge < -0.3 is 25.2 Å². The van der Waals surface area contributed by atoms with Crippen LogP contribution in [0.2, 0.25) is 0 Å². The van der Waals surface area contributed by atoms with Gasteiger partial charge >= 0.3 is 0 Å². The maximum absolute atomic E-state index is 12.5. The minimum absolute atomic E-state index is 0.132. The van der Waals surface area contributed by atoms with E-state index in [1.54, 1.807) is 6.33 Å². The Balaban J connectivity index is 1.05. The van der Waals surface area contributed by atoms with Crippen molar-refractivity contribution in [3.63, 3.8) is 0 Å². The van der Waals surface area contributed by atoms with E-state index in [0.29, 0.717) is 24.9 Å². The highest BCUT2D eigenvalue weighted by atomic mass is 16.5. The summed E-state index contributed by atoms with van der Waals surface area (Å²) in [6, 6.07) is 11.1. The topological polar surface area (TPSA) is 82.6 Å². The summed E-state index contributed by atoms with van der Waals surface area (Å²) in [5.74, 6) is 2.56. The van der Waals surface area contributed by atoms with Gasteiger partial charge in [0.05, 0.1) is 13.2 Å². The van der Waals surface area contributed by atoms with Crippen molar-refractivity contribution in [3.8, 4) is 0 Å². The van der Waals surface area contributed by atoms with E-state index in [4.69, 9.17) is 4.74 Å². The second-order valence-corrected chi connectivity index (χ2v) is 9.72. The van der Waals surface area contributed by atoms with E-state index >= 15 is 0 Å². The molecule has 3 fully saturated rings. The molecule has 2 saturated heterocycles. The van der Waals surface area contributed by atoms with E-state index in [9.17, 15) is 4.79 Å². The molecule has 8 heteroatoms. The average molecular weight is 465 g/mol. The second-order valence-electron chi connectivity index (χ2n) is 9.72.